The molecule has 0 saturated heterocycles. The van der Waals surface area contributed by atoms with Gasteiger partial charge in [-0.15, -0.1) is 0 Å². The summed E-state index contributed by atoms with van der Waals surface area (Å²) in [5.41, 5.74) is 1.57. The second-order valence-corrected chi connectivity index (χ2v) is 4.80. The monoisotopic (exact) mass is 294 g/mol. The van der Waals surface area contributed by atoms with E-state index in [9.17, 15) is 14.9 Å². The number of nitro groups is 1. The van der Waals surface area contributed by atoms with Gasteiger partial charge in [0.15, 0.2) is 0 Å². The predicted molar refractivity (Wildman–Crippen MR) is 82.3 cm³/mol. The number of rotatable bonds is 8. The molecule has 0 heterocycles. The number of carbonyl (C=O) groups excluding carboxylic acids is 1. The summed E-state index contributed by atoms with van der Waals surface area (Å²) in [5, 5.41) is 16.5. The van der Waals surface area contributed by atoms with Crippen LogP contribution in [0.5, 0.6) is 0 Å². The van der Waals surface area contributed by atoms with E-state index in [1.807, 2.05) is 18.9 Å². The van der Waals surface area contributed by atoms with E-state index < -0.39 is 4.92 Å². The van der Waals surface area contributed by atoms with E-state index in [2.05, 4.69) is 10.6 Å². The number of hydrogen-bond donors (Lipinski definition) is 2. The Bertz CT molecular complexity index is 505. The van der Waals surface area contributed by atoms with Crippen molar-refractivity contribution in [2.24, 2.45) is 0 Å². The Morgan fingerprint density at radius 3 is 2.71 bits per heavy atom. The average Bonchev–Trinajstić information content (AvgIpc) is 2.45. The highest BCUT2D eigenvalue weighted by atomic mass is 16.6. The third kappa shape index (κ3) is 5.39. The van der Waals surface area contributed by atoms with Crippen LogP contribution >= 0.6 is 0 Å². The summed E-state index contributed by atoms with van der Waals surface area (Å²) in [6.45, 7) is 3.78. The van der Waals surface area contributed by atoms with Gasteiger partial charge in [0.05, 0.1) is 4.92 Å². The first-order valence-electron chi connectivity index (χ1n) is 6.88. The van der Waals surface area contributed by atoms with Crippen molar-refractivity contribution in [1.29, 1.82) is 0 Å². The fourth-order valence-electron chi connectivity index (χ4n) is 1.98. The lowest BCUT2D eigenvalue weighted by molar-refractivity contribution is -0.384. The Hall–Kier alpha value is -2.15. The van der Waals surface area contributed by atoms with Crippen LogP contribution in [0.2, 0.25) is 0 Å². The van der Waals surface area contributed by atoms with Gasteiger partial charge in [0.2, 0.25) is 5.91 Å². The van der Waals surface area contributed by atoms with Crippen LogP contribution < -0.4 is 10.6 Å². The number of amides is 1. The van der Waals surface area contributed by atoms with Crippen LogP contribution in [0.1, 0.15) is 18.9 Å². The lowest BCUT2D eigenvalue weighted by atomic mass is 10.1. The molecule has 0 fully saturated rings. The lowest BCUT2D eigenvalue weighted by Gasteiger charge is -2.17. The van der Waals surface area contributed by atoms with Gasteiger partial charge >= 0.3 is 0 Å². The van der Waals surface area contributed by atoms with Gasteiger partial charge in [0.1, 0.15) is 5.69 Å². The molecule has 0 saturated carbocycles. The molecule has 0 aliphatic carbocycles. The first-order valence-corrected chi connectivity index (χ1v) is 6.88. The van der Waals surface area contributed by atoms with E-state index in [0.717, 1.165) is 5.56 Å². The van der Waals surface area contributed by atoms with Crippen molar-refractivity contribution < 1.29 is 9.72 Å². The molecular formula is C14H22N4O3. The molecule has 1 rings (SSSR count). The zero-order chi connectivity index (χ0) is 15.8. The molecule has 2 N–H and O–H groups in total. The van der Waals surface area contributed by atoms with E-state index in [0.29, 0.717) is 31.7 Å². The molecule has 21 heavy (non-hydrogen) atoms. The zero-order valence-electron chi connectivity index (χ0n) is 12.7. The van der Waals surface area contributed by atoms with Crippen LogP contribution in [0.4, 0.5) is 11.4 Å². The Labute approximate surface area is 124 Å². The molecule has 0 aromatic heterocycles. The largest absolute Gasteiger partial charge is 0.380 e. The SMILES string of the molecule is CCNc1cc(CN(C)CCC(=O)NC)ccc1[N+](=O)[O-]. The van der Waals surface area contributed by atoms with Gasteiger partial charge in [-0.2, -0.15) is 0 Å². The van der Waals surface area contributed by atoms with Crippen LogP contribution in [0.3, 0.4) is 0 Å². The highest BCUT2D eigenvalue weighted by molar-refractivity contribution is 5.75. The van der Waals surface area contributed by atoms with Crippen LogP contribution in [0.15, 0.2) is 18.2 Å². The van der Waals surface area contributed by atoms with E-state index in [4.69, 9.17) is 0 Å². The maximum Gasteiger partial charge on any atom is 0.292 e. The highest BCUT2D eigenvalue weighted by Crippen LogP contribution is 2.25. The Kier molecular flexibility index (Phi) is 6.61. The predicted octanol–water partition coefficient (Wildman–Crippen LogP) is 1.59. The van der Waals surface area contributed by atoms with Crippen LogP contribution in [-0.2, 0) is 11.3 Å². The van der Waals surface area contributed by atoms with Gasteiger partial charge < -0.3 is 15.5 Å². The molecule has 1 aromatic carbocycles. The smallest absolute Gasteiger partial charge is 0.292 e. The van der Waals surface area contributed by atoms with Crippen molar-refractivity contribution in [3.05, 3.63) is 33.9 Å². The molecular weight excluding hydrogens is 272 g/mol. The van der Waals surface area contributed by atoms with Gasteiger partial charge in [-0.1, -0.05) is 6.07 Å². The summed E-state index contributed by atoms with van der Waals surface area (Å²) in [4.78, 5) is 23.8. The minimum absolute atomic E-state index is 0.00103. The maximum absolute atomic E-state index is 11.2. The number of hydrogen-bond acceptors (Lipinski definition) is 5. The minimum atomic E-state index is -0.392. The lowest BCUT2D eigenvalue weighted by Crippen LogP contribution is -2.26. The Balaban J connectivity index is 2.73. The number of nitro benzene ring substituents is 1. The third-order valence-electron chi connectivity index (χ3n) is 3.08. The Morgan fingerprint density at radius 1 is 1.43 bits per heavy atom. The summed E-state index contributed by atoms with van der Waals surface area (Å²) >= 11 is 0. The fourth-order valence-corrected chi connectivity index (χ4v) is 1.98. The van der Waals surface area contributed by atoms with E-state index in [-0.39, 0.29) is 11.6 Å². The average molecular weight is 294 g/mol. The number of carbonyl (C=O) groups is 1. The van der Waals surface area contributed by atoms with Gasteiger partial charge in [0, 0.05) is 39.2 Å². The molecule has 1 amide bonds. The van der Waals surface area contributed by atoms with E-state index >= 15 is 0 Å². The standard InChI is InChI=1S/C14H22N4O3/c1-4-16-12-9-11(5-6-13(12)18(20)21)10-17(3)8-7-14(19)15-2/h5-6,9,16H,4,7-8,10H2,1-3H3,(H,15,19). The fraction of sp³-hybridized carbons (Fsp3) is 0.500. The van der Waals surface area contributed by atoms with Crippen LogP contribution in [0, 0.1) is 10.1 Å². The number of nitrogens with one attached hydrogen (secondary N) is 2. The second kappa shape index (κ2) is 8.21. The zero-order valence-corrected chi connectivity index (χ0v) is 12.7. The molecule has 0 aliphatic rings. The molecule has 7 heteroatoms. The summed E-state index contributed by atoms with van der Waals surface area (Å²) in [6.07, 6.45) is 0.431. The second-order valence-electron chi connectivity index (χ2n) is 4.80. The Morgan fingerprint density at radius 2 is 2.14 bits per heavy atom. The van der Waals surface area contributed by atoms with E-state index in [1.54, 1.807) is 19.2 Å². The molecule has 0 bridgehead atoms. The number of benzene rings is 1. The van der Waals surface area contributed by atoms with Crippen molar-refractivity contribution in [1.82, 2.24) is 10.2 Å². The molecule has 1 aromatic rings. The summed E-state index contributed by atoms with van der Waals surface area (Å²) in [7, 11) is 3.53. The molecule has 0 unspecified atom stereocenters. The quantitative estimate of drug-likeness (QED) is 0.561. The van der Waals surface area contributed by atoms with Crippen molar-refractivity contribution in [2.45, 2.75) is 19.9 Å². The summed E-state index contributed by atoms with van der Waals surface area (Å²) in [5.74, 6) is -0.00103. The van der Waals surface area contributed by atoms with Crippen molar-refractivity contribution in [3.8, 4) is 0 Å². The van der Waals surface area contributed by atoms with E-state index in [1.165, 1.54) is 6.07 Å². The normalized spacial score (nSPS) is 10.5. The third-order valence-corrected chi connectivity index (χ3v) is 3.08. The van der Waals surface area contributed by atoms with Gasteiger partial charge in [-0.3, -0.25) is 14.9 Å². The van der Waals surface area contributed by atoms with Crippen LogP contribution in [0.25, 0.3) is 0 Å². The first kappa shape index (κ1) is 16.9. The van der Waals surface area contributed by atoms with Crippen molar-refractivity contribution in [3.63, 3.8) is 0 Å². The molecule has 0 atom stereocenters. The molecule has 0 radical (unpaired) electrons. The number of anilines is 1. The summed E-state index contributed by atoms with van der Waals surface area (Å²) in [6, 6.07) is 5.05. The topological polar surface area (TPSA) is 87.5 Å². The van der Waals surface area contributed by atoms with Gasteiger partial charge in [-0.25, -0.2) is 0 Å². The van der Waals surface area contributed by atoms with Gasteiger partial charge in [-0.05, 0) is 25.6 Å². The van der Waals surface area contributed by atoms with Gasteiger partial charge in [0.25, 0.3) is 5.69 Å². The number of nitrogens with zero attached hydrogens (tertiary/aromatic N) is 2. The molecule has 116 valence electrons. The molecule has 7 nitrogen and oxygen atoms in total. The van der Waals surface area contributed by atoms with Crippen LogP contribution in [-0.4, -0.2) is 42.9 Å². The maximum atomic E-state index is 11.2. The first-order chi connectivity index (χ1) is 9.97. The minimum Gasteiger partial charge on any atom is -0.380 e. The molecule has 0 aliphatic heterocycles. The molecule has 0 spiro atoms. The summed E-state index contributed by atoms with van der Waals surface area (Å²) < 4.78 is 0. The van der Waals surface area contributed by atoms with Crippen molar-refractivity contribution in [2.75, 3.05) is 32.5 Å². The van der Waals surface area contributed by atoms with Crippen molar-refractivity contribution >= 4 is 17.3 Å². The highest BCUT2D eigenvalue weighted by Gasteiger charge is 2.14.